The minimum Gasteiger partial charge on any atom is -0.378 e. The number of sulfonamides is 1. The van der Waals surface area contributed by atoms with Crippen molar-refractivity contribution in [3.8, 4) is 0 Å². The molecule has 0 aliphatic carbocycles. The molecule has 2 rings (SSSR count). The Morgan fingerprint density at radius 2 is 1.95 bits per heavy atom. The van der Waals surface area contributed by atoms with Crippen molar-refractivity contribution in [2.75, 3.05) is 39.0 Å². The zero-order valence-electron chi connectivity index (χ0n) is 11.4. The molecule has 6 nitrogen and oxygen atoms in total. The summed E-state index contributed by atoms with van der Waals surface area (Å²) in [6.45, 7) is 2.62. The highest BCUT2D eigenvalue weighted by atomic mass is 32.2. The van der Waals surface area contributed by atoms with Crippen LogP contribution in [0.4, 0.5) is 0 Å². The molecule has 0 aromatic carbocycles. The normalized spacial score (nSPS) is 25.7. The van der Waals surface area contributed by atoms with E-state index in [2.05, 4.69) is 0 Å². The summed E-state index contributed by atoms with van der Waals surface area (Å²) in [5.74, 6) is 0.114. The smallest absolute Gasteiger partial charge is 0.222 e. The third-order valence-corrected chi connectivity index (χ3v) is 5.07. The summed E-state index contributed by atoms with van der Waals surface area (Å²) in [6, 6.07) is 0. The summed E-state index contributed by atoms with van der Waals surface area (Å²) in [6.07, 6.45) is 4.87. The average molecular weight is 290 g/mol. The van der Waals surface area contributed by atoms with Gasteiger partial charge in [0, 0.05) is 39.2 Å². The van der Waals surface area contributed by atoms with Gasteiger partial charge in [-0.25, -0.2) is 8.42 Å². The van der Waals surface area contributed by atoms with Gasteiger partial charge in [0.2, 0.25) is 15.9 Å². The van der Waals surface area contributed by atoms with Gasteiger partial charge in [0.15, 0.2) is 0 Å². The quantitative estimate of drug-likeness (QED) is 0.734. The molecule has 2 aliphatic rings. The Hall–Kier alpha value is -0.660. The van der Waals surface area contributed by atoms with Crippen molar-refractivity contribution in [3.05, 3.63) is 0 Å². The van der Waals surface area contributed by atoms with Gasteiger partial charge in [0.1, 0.15) is 0 Å². The fourth-order valence-electron chi connectivity index (χ4n) is 2.58. The molecule has 0 spiro atoms. The molecule has 1 atom stereocenters. The maximum Gasteiger partial charge on any atom is 0.222 e. The molecule has 0 bridgehead atoms. The number of piperazine rings is 1. The standard InChI is InChI=1S/C12H22N2O4S/c1-19(16,17)14-8-6-13(7-9-14)12(15)5-4-11-3-2-10-18-11/h11H,2-10H2,1H3/t11-/m1/s1. The van der Waals surface area contributed by atoms with Crippen molar-refractivity contribution in [1.82, 2.24) is 9.21 Å². The molecular formula is C12H22N2O4S. The monoisotopic (exact) mass is 290 g/mol. The lowest BCUT2D eigenvalue weighted by molar-refractivity contribution is -0.133. The second-order valence-electron chi connectivity index (χ2n) is 5.22. The first-order valence-electron chi connectivity index (χ1n) is 6.81. The molecule has 1 amide bonds. The molecule has 0 N–H and O–H groups in total. The molecule has 0 aromatic heterocycles. The van der Waals surface area contributed by atoms with E-state index in [9.17, 15) is 13.2 Å². The minimum absolute atomic E-state index is 0.114. The summed E-state index contributed by atoms with van der Waals surface area (Å²) < 4.78 is 29.7. The Labute approximate surface area is 114 Å². The van der Waals surface area contributed by atoms with Gasteiger partial charge < -0.3 is 9.64 Å². The zero-order valence-corrected chi connectivity index (χ0v) is 12.2. The number of hydrogen-bond acceptors (Lipinski definition) is 4. The number of hydrogen-bond donors (Lipinski definition) is 0. The first kappa shape index (κ1) is 14.7. The van der Waals surface area contributed by atoms with E-state index in [4.69, 9.17) is 4.74 Å². The van der Waals surface area contributed by atoms with Gasteiger partial charge in [-0.2, -0.15) is 4.31 Å². The Balaban J connectivity index is 1.73. The molecule has 2 saturated heterocycles. The number of amides is 1. The van der Waals surface area contributed by atoms with Gasteiger partial charge in [0.05, 0.1) is 12.4 Å². The lowest BCUT2D eigenvalue weighted by Crippen LogP contribution is -2.50. The highest BCUT2D eigenvalue weighted by Crippen LogP contribution is 2.18. The van der Waals surface area contributed by atoms with Crippen molar-refractivity contribution in [2.24, 2.45) is 0 Å². The highest BCUT2D eigenvalue weighted by molar-refractivity contribution is 7.88. The number of carbonyl (C=O) groups excluding carboxylic acids is 1. The first-order chi connectivity index (χ1) is 8.97. The SMILES string of the molecule is CS(=O)(=O)N1CCN(C(=O)CC[C@H]2CCCO2)CC1. The van der Waals surface area contributed by atoms with Gasteiger partial charge in [0.25, 0.3) is 0 Å². The van der Waals surface area contributed by atoms with Crippen LogP contribution in [0.1, 0.15) is 25.7 Å². The number of ether oxygens (including phenoxy) is 1. The van der Waals surface area contributed by atoms with E-state index < -0.39 is 10.0 Å². The molecule has 0 aromatic rings. The van der Waals surface area contributed by atoms with Gasteiger partial charge in [-0.15, -0.1) is 0 Å². The molecule has 2 fully saturated rings. The van der Waals surface area contributed by atoms with Crippen LogP contribution in [0.15, 0.2) is 0 Å². The molecule has 19 heavy (non-hydrogen) atoms. The van der Waals surface area contributed by atoms with Crippen LogP contribution >= 0.6 is 0 Å². The molecule has 110 valence electrons. The van der Waals surface area contributed by atoms with E-state index in [-0.39, 0.29) is 12.0 Å². The highest BCUT2D eigenvalue weighted by Gasteiger charge is 2.26. The van der Waals surface area contributed by atoms with Crippen LogP contribution in [0.3, 0.4) is 0 Å². The Bertz CT molecular complexity index is 409. The van der Waals surface area contributed by atoms with Crippen LogP contribution in [-0.2, 0) is 19.6 Å². The molecule has 2 heterocycles. The van der Waals surface area contributed by atoms with E-state index in [0.29, 0.717) is 32.6 Å². The van der Waals surface area contributed by atoms with E-state index in [1.165, 1.54) is 10.6 Å². The summed E-state index contributed by atoms with van der Waals surface area (Å²) >= 11 is 0. The van der Waals surface area contributed by atoms with Crippen LogP contribution in [0.25, 0.3) is 0 Å². The van der Waals surface area contributed by atoms with Crippen LogP contribution < -0.4 is 0 Å². The zero-order chi connectivity index (χ0) is 13.9. The maximum absolute atomic E-state index is 12.0. The van der Waals surface area contributed by atoms with Crippen molar-refractivity contribution in [3.63, 3.8) is 0 Å². The lowest BCUT2D eigenvalue weighted by Gasteiger charge is -2.33. The van der Waals surface area contributed by atoms with E-state index in [1.807, 2.05) is 0 Å². The summed E-state index contributed by atoms with van der Waals surface area (Å²) in [4.78, 5) is 13.8. The van der Waals surface area contributed by atoms with Gasteiger partial charge in [-0.3, -0.25) is 4.79 Å². The van der Waals surface area contributed by atoms with Gasteiger partial charge in [-0.1, -0.05) is 0 Å². The second kappa shape index (κ2) is 6.19. The summed E-state index contributed by atoms with van der Waals surface area (Å²) in [5, 5.41) is 0. The summed E-state index contributed by atoms with van der Waals surface area (Å²) in [5.41, 5.74) is 0. The fraction of sp³-hybridized carbons (Fsp3) is 0.917. The number of nitrogens with zero attached hydrogens (tertiary/aromatic N) is 2. The molecular weight excluding hydrogens is 268 g/mol. The van der Waals surface area contributed by atoms with Gasteiger partial charge >= 0.3 is 0 Å². The second-order valence-corrected chi connectivity index (χ2v) is 7.20. The minimum atomic E-state index is -3.13. The number of rotatable bonds is 4. The van der Waals surface area contributed by atoms with Crippen molar-refractivity contribution >= 4 is 15.9 Å². The third kappa shape index (κ3) is 4.15. The van der Waals surface area contributed by atoms with Crippen molar-refractivity contribution in [2.45, 2.75) is 31.8 Å². The summed E-state index contributed by atoms with van der Waals surface area (Å²) in [7, 11) is -3.13. The first-order valence-corrected chi connectivity index (χ1v) is 8.66. The van der Waals surface area contributed by atoms with Gasteiger partial charge in [-0.05, 0) is 19.3 Å². The third-order valence-electron chi connectivity index (χ3n) is 3.76. The molecule has 0 saturated carbocycles. The predicted octanol–water partition coefficient (Wildman–Crippen LogP) is 0.0494. The topological polar surface area (TPSA) is 66.9 Å². The maximum atomic E-state index is 12.0. The molecule has 0 unspecified atom stereocenters. The van der Waals surface area contributed by atoms with Crippen LogP contribution in [-0.4, -0.2) is 68.7 Å². The van der Waals surface area contributed by atoms with Crippen molar-refractivity contribution in [1.29, 1.82) is 0 Å². The molecule has 2 aliphatic heterocycles. The number of carbonyl (C=O) groups is 1. The lowest BCUT2D eigenvalue weighted by atomic mass is 10.1. The van der Waals surface area contributed by atoms with Crippen LogP contribution in [0.2, 0.25) is 0 Å². The van der Waals surface area contributed by atoms with E-state index in [1.54, 1.807) is 4.90 Å². The Kier molecular flexibility index (Phi) is 4.81. The molecule has 0 radical (unpaired) electrons. The molecule has 7 heteroatoms. The fourth-order valence-corrected chi connectivity index (χ4v) is 3.41. The van der Waals surface area contributed by atoms with Crippen molar-refractivity contribution < 1.29 is 17.9 Å². The van der Waals surface area contributed by atoms with Crippen LogP contribution in [0.5, 0.6) is 0 Å². The largest absolute Gasteiger partial charge is 0.378 e. The van der Waals surface area contributed by atoms with E-state index >= 15 is 0 Å². The predicted molar refractivity (Wildman–Crippen MR) is 71.2 cm³/mol. The van der Waals surface area contributed by atoms with Crippen LogP contribution in [0, 0.1) is 0 Å². The van der Waals surface area contributed by atoms with E-state index in [0.717, 1.165) is 25.9 Å². The Morgan fingerprint density at radius 3 is 2.47 bits per heavy atom. The Morgan fingerprint density at radius 1 is 1.26 bits per heavy atom. The average Bonchev–Trinajstić information content (AvgIpc) is 2.88.